The van der Waals surface area contributed by atoms with Crippen LogP contribution >= 0.6 is 0 Å². The van der Waals surface area contributed by atoms with Crippen molar-refractivity contribution in [1.82, 2.24) is 25.6 Å². The average Bonchev–Trinajstić information content (AvgIpc) is 3.19. The summed E-state index contributed by atoms with van der Waals surface area (Å²) in [5.74, 6) is 0.206. The molecule has 0 radical (unpaired) electrons. The number of amides is 1. The van der Waals surface area contributed by atoms with Crippen molar-refractivity contribution in [2.45, 2.75) is 24.3 Å². The fourth-order valence-corrected chi connectivity index (χ4v) is 3.92. The van der Waals surface area contributed by atoms with E-state index >= 15 is 0 Å². The standard InChI is InChI=1S/C17H23N5O3S/c23-17(19-11-13-4-7-18-8-5-13)14-2-1-3-16(10-14)26(24,25)21-12-15-6-9-20-22-15/h1-3,6,9-10,13,18,21H,4-5,7-8,11-12H2,(H,19,23)(H,20,22). The number of nitrogens with one attached hydrogen (secondary N) is 4. The molecule has 1 fully saturated rings. The molecule has 1 amide bonds. The first-order valence-electron chi connectivity index (χ1n) is 8.61. The maximum Gasteiger partial charge on any atom is 0.251 e. The van der Waals surface area contributed by atoms with Crippen LogP contribution in [0, 0.1) is 5.92 Å². The van der Waals surface area contributed by atoms with Gasteiger partial charge in [-0.3, -0.25) is 9.89 Å². The molecular formula is C17H23N5O3S. The normalized spacial score (nSPS) is 15.7. The molecule has 26 heavy (non-hydrogen) atoms. The van der Waals surface area contributed by atoms with Crippen LogP contribution in [0.25, 0.3) is 0 Å². The van der Waals surface area contributed by atoms with Crippen LogP contribution in [0.1, 0.15) is 28.9 Å². The van der Waals surface area contributed by atoms with Crippen molar-refractivity contribution in [3.05, 3.63) is 47.8 Å². The maximum absolute atomic E-state index is 12.4. The summed E-state index contributed by atoms with van der Waals surface area (Å²) >= 11 is 0. The molecule has 0 bridgehead atoms. The van der Waals surface area contributed by atoms with Crippen LogP contribution in [0.4, 0.5) is 0 Å². The fourth-order valence-electron chi connectivity index (χ4n) is 2.87. The van der Waals surface area contributed by atoms with Crippen molar-refractivity contribution in [1.29, 1.82) is 0 Å². The minimum atomic E-state index is -3.71. The van der Waals surface area contributed by atoms with Gasteiger partial charge in [0.2, 0.25) is 10.0 Å². The number of nitrogens with zero attached hydrogens (tertiary/aromatic N) is 1. The number of rotatable bonds is 7. The van der Waals surface area contributed by atoms with Crippen molar-refractivity contribution in [2.24, 2.45) is 5.92 Å². The van der Waals surface area contributed by atoms with Gasteiger partial charge < -0.3 is 10.6 Å². The van der Waals surface area contributed by atoms with Crippen LogP contribution < -0.4 is 15.4 Å². The van der Waals surface area contributed by atoms with Crippen molar-refractivity contribution >= 4 is 15.9 Å². The van der Waals surface area contributed by atoms with Gasteiger partial charge in [-0.05, 0) is 56.1 Å². The van der Waals surface area contributed by atoms with E-state index in [4.69, 9.17) is 0 Å². The maximum atomic E-state index is 12.4. The summed E-state index contributed by atoms with van der Waals surface area (Å²) in [4.78, 5) is 12.4. The summed E-state index contributed by atoms with van der Waals surface area (Å²) < 4.78 is 27.3. The van der Waals surface area contributed by atoms with Gasteiger partial charge in [-0.2, -0.15) is 5.10 Å². The van der Waals surface area contributed by atoms with Crippen LogP contribution in [0.5, 0.6) is 0 Å². The van der Waals surface area contributed by atoms with Crippen LogP contribution in [0.15, 0.2) is 41.4 Å². The van der Waals surface area contributed by atoms with Gasteiger partial charge in [0.1, 0.15) is 0 Å². The SMILES string of the molecule is O=C(NCC1CCNCC1)c1cccc(S(=O)(=O)NCc2ccn[nH]2)c1. The molecule has 1 aromatic heterocycles. The number of benzene rings is 1. The zero-order valence-electron chi connectivity index (χ0n) is 14.4. The Morgan fingerprint density at radius 3 is 2.77 bits per heavy atom. The van der Waals surface area contributed by atoms with E-state index in [2.05, 4.69) is 25.6 Å². The van der Waals surface area contributed by atoms with Gasteiger partial charge in [-0.25, -0.2) is 13.1 Å². The van der Waals surface area contributed by atoms with Crippen molar-refractivity contribution in [3.8, 4) is 0 Å². The molecule has 0 aliphatic carbocycles. The first-order valence-corrected chi connectivity index (χ1v) is 10.1. The summed E-state index contributed by atoms with van der Waals surface area (Å²) in [7, 11) is -3.71. The smallest absolute Gasteiger partial charge is 0.251 e. The van der Waals surface area contributed by atoms with Crippen molar-refractivity contribution in [2.75, 3.05) is 19.6 Å². The molecule has 140 valence electrons. The molecule has 8 nitrogen and oxygen atoms in total. The first kappa shape index (κ1) is 18.6. The molecule has 1 saturated heterocycles. The molecule has 4 N–H and O–H groups in total. The van der Waals surface area contributed by atoms with E-state index in [1.807, 2.05) is 0 Å². The molecule has 3 rings (SSSR count). The van der Waals surface area contributed by atoms with Crippen LogP contribution in [0.3, 0.4) is 0 Å². The molecule has 0 saturated carbocycles. The van der Waals surface area contributed by atoms with Crippen LogP contribution in [-0.4, -0.2) is 44.2 Å². The molecule has 1 aliphatic heterocycles. The highest BCUT2D eigenvalue weighted by molar-refractivity contribution is 7.89. The highest BCUT2D eigenvalue weighted by atomic mass is 32.2. The second-order valence-electron chi connectivity index (χ2n) is 6.34. The number of hydrogen-bond donors (Lipinski definition) is 4. The first-order chi connectivity index (χ1) is 12.5. The lowest BCUT2D eigenvalue weighted by Crippen LogP contribution is -2.36. The number of carbonyl (C=O) groups is 1. The minimum Gasteiger partial charge on any atom is -0.352 e. The zero-order valence-corrected chi connectivity index (χ0v) is 15.2. The lowest BCUT2D eigenvalue weighted by atomic mass is 9.98. The second kappa shape index (κ2) is 8.43. The van der Waals surface area contributed by atoms with E-state index in [1.165, 1.54) is 12.1 Å². The third-order valence-electron chi connectivity index (χ3n) is 4.43. The van der Waals surface area contributed by atoms with Gasteiger partial charge in [0.25, 0.3) is 5.91 Å². The number of carbonyl (C=O) groups excluding carboxylic acids is 1. The Kier molecular flexibility index (Phi) is 6.02. The minimum absolute atomic E-state index is 0.0616. The van der Waals surface area contributed by atoms with Crippen LogP contribution in [0.2, 0.25) is 0 Å². The number of hydrogen-bond acceptors (Lipinski definition) is 5. The van der Waals surface area contributed by atoms with E-state index < -0.39 is 10.0 Å². The Hall–Kier alpha value is -2.23. The topological polar surface area (TPSA) is 116 Å². The summed E-state index contributed by atoms with van der Waals surface area (Å²) in [6.45, 7) is 2.65. The molecular weight excluding hydrogens is 354 g/mol. The summed E-state index contributed by atoms with van der Waals surface area (Å²) in [5, 5.41) is 12.7. The summed E-state index contributed by atoms with van der Waals surface area (Å²) in [6, 6.07) is 7.75. The Balaban J connectivity index is 1.61. The molecule has 2 heterocycles. The second-order valence-corrected chi connectivity index (χ2v) is 8.10. The summed E-state index contributed by atoms with van der Waals surface area (Å²) in [6.07, 6.45) is 3.62. The predicted molar refractivity (Wildman–Crippen MR) is 97.0 cm³/mol. The lowest BCUT2D eigenvalue weighted by Gasteiger charge is -2.22. The number of piperidine rings is 1. The number of aromatic nitrogens is 2. The summed E-state index contributed by atoms with van der Waals surface area (Å²) in [5.41, 5.74) is 0.993. The van der Waals surface area contributed by atoms with E-state index in [0.717, 1.165) is 25.9 Å². The monoisotopic (exact) mass is 377 g/mol. The van der Waals surface area contributed by atoms with Crippen molar-refractivity contribution in [3.63, 3.8) is 0 Å². The Morgan fingerprint density at radius 2 is 2.04 bits per heavy atom. The number of aromatic amines is 1. The van der Waals surface area contributed by atoms with Gasteiger partial charge >= 0.3 is 0 Å². The average molecular weight is 377 g/mol. The largest absolute Gasteiger partial charge is 0.352 e. The number of H-pyrrole nitrogens is 1. The highest BCUT2D eigenvalue weighted by Crippen LogP contribution is 2.13. The van der Waals surface area contributed by atoms with E-state index in [0.29, 0.717) is 23.7 Å². The van der Waals surface area contributed by atoms with Crippen LogP contribution in [-0.2, 0) is 16.6 Å². The van der Waals surface area contributed by atoms with E-state index in [1.54, 1.807) is 24.4 Å². The van der Waals surface area contributed by atoms with Gasteiger partial charge in [-0.15, -0.1) is 0 Å². The molecule has 0 unspecified atom stereocenters. The Labute approximate surface area is 152 Å². The third kappa shape index (κ3) is 4.90. The molecule has 1 aromatic carbocycles. The van der Waals surface area contributed by atoms with Gasteiger partial charge in [0.05, 0.1) is 17.1 Å². The van der Waals surface area contributed by atoms with Gasteiger partial charge in [-0.1, -0.05) is 6.07 Å². The lowest BCUT2D eigenvalue weighted by molar-refractivity contribution is 0.0944. The molecule has 0 spiro atoms. The van der Waals surface area contributed by atoms with Gasteiger partial charge in [0.15, 0.2) is 0 Å². The van der Waals surface area contributed by atoms with Gasteiger partial charge in [0, 0.05) is 18.3 Å². The highest BCUT2D eigenvalue weighted by Gasteiger charge is 2.18. The predicted octanol–water partition coefficient (Wildman–Crippen LogP) is 0.618. The van der Waals surface area contributed by atoms with Crippen molar-refractivity contribution < 1.29 is 13.2 Å². The molecule has 1 aliphatic rings. The van der Waals surface area contributed by atoms with E-state index in [-0.39, 0.29) is 17.3 Å². The quantitative estimate of drug-likeness (QED) is 0.564. The van der Waals surface area contributed by atoms with E-state index in [9.17, 15) is 13.2 Å². The molecule has 9 heteroatoms. The molecule has 0 atom stereocenters. The molecule has 2 aromatic rings. The fraction of sp³-hybridized carbons (Fsp3) is 0.412. The third-order valence-corrected chi connectivity index (χ3v) is 5.83. The zero-order chi connectivity index (χ0) is 18.4. The number of sulfonamides is 1. The Morgan fingerprint density at radius 1 is 1.23 bits per heavy atom. The Bertz CT molecular complexity index is 830.